The summed E-state index contributed by atoms with van der Waals surface area (Å²) in [5.74, 6) is 0.393. The lowest BCUT2D eigenvalue weighted by molar-refractivity contribution is -0.134. The number of benzene rings is 1. The van der Waals surface area contributed by atoms with Gasteiger partial charge in [-0.3, -0.25) is 14.6 Å². The normalized spacial score (nSPS) is 24.9. The molecule has 1 N–H and O–H groups in total. The highest BCUT2D eigenvalue weighted by Gasteiger charge is 2.44. The molecule has 0 radical (unpaired) electrons. The molecule has 2 aliphatic heterocycles. The maximum absolute atomic E-state index is 14.4. The van der Waals surface area contributed by atoms with E-state index in [0.717, 1.165) is 49.7 Å². The Hall–Kier alpha value is -3.26. The van der Waals surface area contributed by atoms with E-state index in [2.05, 4.69) is 21.4 Å². The summed E-state index contributed by atoms with van der Waals surface area (Å²) in [6.45, 7) is 5.42. The van der Waals surface area contributed by atoms with Crippen LogP contribution in [0.1, 0.15) is 74.2 Å². The summed E-state index contributed by atoms with van der Waals surface area (Å²) in [6.07, 6.45) is 12.0. The molecule has 4 atom stereocenters. The van der Waals surface area contributed by atoms with Crippen molar-refractivity contribution in [1.82, 2.24) is 24.7 Å². The van der Waals surface area contributed by atoms with Crippen LogP contribution < -0.4 is 5.32 Å². The number of hydrogen-bond donors (Lipinski definition) is 1. The molecule has 1 aliphatic carbocycles. The van der Waals surface area contributed by atoms with Gasteiger partial charge in [0.05, 0.1) is 29.0 Å². The highest BCUT2D eigenvalue weighted by molar-refractivity contribution is 5.99. The van der Waals surface area contributed by atoms with Gasteiger partial charge in [-0.05, 0) is 94.0 Å². The molecule has 3 aromatic rings. The fraction of sp³-hybridized carbons (Fsp3) is 0.516. The van der Waals surface area contributed by atoms with Gasteiger partial charge < -0.3 is 19.7 Å². The summed E-state index contributed by atoms with van der Waals surface area (Å²) in [6, 6.07) is 6.94. The summed E-state index contributed by atoms with van der Waals surface area (Å²) in [7, 11) is 1.74. The minimum atomic E-state index is -0.437. The van der Waals surface area contributed by atoms with Gasteiger partial charge in [-0.25, -0.2) is 4.39 Å². The van der Waals surface area contributed by atoms with Crippen LogP contribution in [0.25, 0.3) is 16.6 Å². The average Bonchev–Trinajstić information content (AvgIpc) is 3.62. The molecule has 1 saturated carbocycles. The quantitative estimate of drug-likeness (QED) is 0.510. The van der Waals surface area contributed by atoms with Crippen molar-refractivity contribution in [3.8, 4) is 5.69 Å². The molecule has 2 bridgehead atoms. The zero-order valence-corrected chi connectivity index (χ0v) is 23.1. The second-order valence-corrected chi connectivity index (χ2v) is 11.9. The SMILES string of the molecule is CC(C)N(C)C(=O)c1cc(F)ccc1-n1cc(C2CCCN(C(=O)[C@H]3N[C@@H]4CC[C@H]3C4)CC2)c2ccncc21. The standard InChI is InChI=1S/C31H38FN5O2/c1-19(2)35(3)30(38)25-16-22(32)7-9-27(25)37-18-26(24-10-12-33-17-28(24)37)20-5-4-13-36(14-11-20)31(39)29-21-6-8-23(15-21)34-29/h7,9-10,12,16-21,23,29,34H,4-6,8,11,13-15H2,1-3H3/t20?,21-,23+,29-/m0/s1. The van der Waals surface area contributed by atoms with Crippen LogP contribution >= 0.6 is 0 Å². The summed E-state index contributed by atoms with van der Waals surface area (Å²) >= 11 is 0. The first-order chi connectivity index (χ1) is 18.8. The molecule has 3 fully saturated rings. The van der Waals surface area contributed by atoms with Crippen LogP contribution in [0.2, 0.25) is 0 Å². The van der Waals surface area contributed by atoms with Crippen molar-refractivity contribution in [2.75, 3.05) is 20.1 Å². The van der Waals surface area contributed by atoms with Crippen molar-refractivity contribution in [3.63, 3.8) is 0 Å². The van der Waals surface area contributed by atoms with Gasteiger partial charge in [0.15, 0.2) is 0 Å². The van der Waals surface area contributed by atoms with Gasteiger partial charge in [-0.15, -0.1) is 0 Å². The van der Waals surface area contributed by atoms with Crippen LogP contribution in [0.4, 0.5) is 4.39 Å². The molecular weight excluding hydrogens is 493 g/mol. The summed E-state index contributed by atoms with van der Waals surface area (Å²) in [5.41, 5.74) is 3.06. The van der Waals surface area contributed by atoms with Crippen molar-refractivity contribution in [2.45, 2.75) is 76.4 Å². The highest BCUT2D eigenvalue weighted by Crippen LogP contribution is 2.38. The number of aromatic nitrogens is 2. The topological polar surface area (TPSA) is 70.5 Å². The first-order valence-corrected chi connectivity index (χ1v) is 14.4. The number of halogens is 1. The maximum atomic E-state index is 14.4. The van der Waals surface area contributed by atoms with Crippen LogP contribution in [0.3, 0.4) is 0 Å². The second-order valence-electron chi connectivity index (χ2n) is 11.9. The fourth-order valence-corrected chi connectivity index (χ4v) is 6.90. The Bertz CT molecular complexity index is 1400. The number of rotatable bonds is 5. The molecule has 39 heavy (non-hydrogen) atoms. The van der Waals surface area contributed by atoms with E-state index in [9.17, 15) is 14.0 Å². The molecule has 2 amide bonds. The minimum absolute atomic E-state index is 0.00769. The summed E-state index contributed by atoms with van der Waals surface area (Å²) in [5, 5.41) is 4.66. The number of hydrogen-bond acceptors (Lipinski definition) is 4. The summed E-state index contributed by atoms with van der Waals surface area (Å²) < 4.78 is 16.4. The molecule has 7 nitrogen and oxygen atoms in total. The lowest BCUT2D eigenvalue weighted by Crippen LogP contribution is -2.49. The number of nitrogens with one attached hydrogen (secondary N) is 1. The van der Waals surface area contributed by atoms with E-state index >= 15 is 0 Å². The number of likely N-dealkylation sites (tertiary alicyclic amines) is 1. The van der Waals surface area contributed by atoms with Gasteiger partial charge in [-0.1, -0.05) is 0 Å². The molecule has 1 unspecified atom stereocenters. The van der Waals surface area contributed by atoms with Crippen molar-refractivity contribution in [3.05, 3.63) is 59.8 Å². The molecule has 1 aromatic carbocycles. The van der Waals surface area contributed by atoms with Gasteiger partial charge in [0.1, 0.15) is 5.82 Å². The molecule has 4 heterocycles. The molecule has 3 aliphatic rings. The van der Waals surface area contributed by atoms with Gasteiger partial charge in [0, 0.05) is 50.0 Å². The van der Waals surface area contributed by atoms with Gasteiger partial charge in [0.25, 0.3) is 5.91 Å². The van der Waals surface area contributed by atoms with Crippen molar-refractivity contribution in [2.24, 2.45) is 5.92 Å². The molecule has 8 heteroatoms. The van der Waals surface area contributed by atoms with E-state index in [-0.39, 0.29) is 29.8 Å². The average molecular weight is 532 g/mol. The van der Waals surface area contributed by atoms with Crippen molar-refractivity contribution in [1.29, 1.82) is 0 Å². The van der Waals surface area contributed by atoms with Crippen LogP contribution in [-0.2, 0) is 4.79 Å². The Kier molecular flexibility index (Phi) is 6.91. The van der Waals surface area contributed by atoms with Gasteiger partial charge in [0.2, 0.25) is 5.91 Å². The second kappa shape index (κ2) is 10.4. The molecule has 2 saturated heterocycles. The lowest BCUT2D eigenvalue weighted by atomic mass is 9.92. The number of carbonyl (C=O) groups excluding carboxylic acids is 2. The van der Waals surface area contributed by atoms with Crippen LogP contribution in [0, 0.1) is 11.7 Å². The molecular formula is C31H38FN5O2. The van der Waals surface area contributed by atoms with E-state index < -0.39 is 5.82 Å². The zero-order valence-electron chi connectivity index (χ0n) is 23.1. The monoisotopic (exact) mass is 531 g/mol. The Balaban J connectivity index is 1.30. The summed E-state index contributed by atoms with van der Waals surface area (Å²) in [4.78, 5) is 34.9. The fourth-order valence-electron chi connectivity index (χ4n) is 6.90. The number of piperidine rings is 1. The first-order valence-electron chi connectivity index (χ1n) is 14.4. The third-order valence-electron chi connectivity index (χ3n) is 9.29. The van der Waals surface area contributed by atoms with Gasteiger partial charge in [-0.2, -0.15) is 0 Å². The predicted octanol–water partition coefficient (Wildman–Crippen LogP) is 4.88. The van der Waals surface area contributed by atoms with Crippen LogP contribution in [0.5, 0.6) is 0 Å². The number of fused-ring (bicyclic) bond motifs is 3. The van der Waals surface area contributed by atoms with E-state index in [4.69, 9.17) is 0 Å². The maximum Gasteiger partial charge on any atom is 0.256 e. The molecule has 0 spiro atoms. The zero-order chi connectivity index (χ0) is 27.3. The largest absolute Gasteiger partial charge is 0.341 e. The van der Waals surface area contributed by atoms with Crippen LogP contribution in [-0.4, -0.2) is 69.4 Å². The Morgan fingerprint density at radius 3 is 2.72 bits per heavy atom. The van der Waals surface area contributed by atoms with E-state index in [1.165, 1.54) is 30.5 Å². The molecule has 2 aromatic heterocycles. The predicted molar refractivity (Wildman–Crippen MR) is 149 cm³/mol. The van der Waals surface area contributed by atoms with E-state index in [0.29, 0.717) is 23.2 Å². The van der Waals surface area contributed by atoms with Crippen molar-refractivity contribution >= 4 is 22.7 Å². The number of nitrogens with zero attached hydrogens (tertiary/aromatic N) is 4. The Morgan fingerprint density at radius 2 is 1.97 bits per heavy atom. The number of amides is 2. The highest BCUT2D eigenvalue weighted by atomic mass is 19.1. The Labute approximate surface area is 229 Å². The lowest BCUT2D eigenvalue weighted by Gasteiger charge is -2.29. The molecule has 6 rings (SSSR count). The van der Waals surface area contributed by atoms with Crippen LogP contribution in [0.15, 0.2) is 42.9 Å². The smallest absolute Gasteiger partial charge is 0.256 e. The van der Waals surface area contributed by atoms with Gasteiger partial charge >= 0.3 is 0 Å². The minimum Gasteiger partial charge on any atom is -0.341 e. The first kappa shape index (κ1) is 26.0. The van der Waals surface area contributed by atoms with Crippen molar-refractivity contribution < 1.29 is 14.0 Å². The van der Waals surface area contributed by atoms with E-state index in [1.54, 1.807) is 24.2 Å². The molecule has 206 valence electrons. The Morgan fingerprint density at radius 1 is 1.13 bits per heavy atom. The third-order valence-corrected chi connectivity index (χ3v) is 9.29. The van der Waals surface area contributed by atoms with E-state index in [1.807, 2.05) is 30.7 Å². The number of pyridine rings is 1. The number of carbonyl (C=O) groups is 2. The third kappa shape index (κ3) is 4.73.